The van der Waals surface area contributed by atoms with Gasteiger partial charge in [0.1, 0.15) is 5.82 Å². The van der Waals surface area contributed by atoms with Crippen molar-refractivity contribution in [1.29, 1.82) is 0 Å². The zero-order chi connectivity index (χ0) is 22.3. The molecule has 0 fully saturated rings. The molecule has 0 spiro atoms. The minimum absolute atomic E-state index is 0.106. The highest BCUT2D eigenvalue weighted by Gasteiger charge is 2.33. The van der Waals surface area contributed by atoms with Crippen molar-refractivity contribution in [1.82, 2.24) is 4.98 Å². The van der Waals surface area contributed by atoms with Crippen LogP contribution < -0.4 is 5.32 Å². The molecule has 0 aliphatic heterocycles. The molecule has 0 amide bonds. The van der Waals surface area contributed by atoms with Crippen molar-refractivity contribution in [3.63, 3.8) is 0 Å². The number of aryl methyl sites for hydroxylation is 1. The van der Waals surface area contributed by atoms with Crippen molar-refractivity contribution in [3.8, 4) is 0 Å². The minimum atomic E-state index is -4.31. The lowest BCUT2D eigenvalue weighted by molar-refractivity contribution is 0.595. The first-order chi connectivity index (χ1) is 14.9. The van der Waals surface area contributed by atoms with E-state index in [2.05, 4.69) is 17.2 Å². The molecule has 3 rings (SSSR count). The van der Waals surface area contributed by atoms with E-state index in [0.717, 1.165) is 31.0 Å². The van der Waals surface area contributed by atoms with Crippen molar-refractivity contribution in [2.75, 3.05) is 5.32 Å². The van der Waals surface area contributed by atoms with Gasteiger partial charge in [-0.05, 0) is 48.7 Å². The van der Waals surface area contributed by atoms with Gasteiger partial charge in [0.25, 0.3) is 0 Å². The van der Waals surface area contributed by atoms with Crippen LogP contribution in [0, 0.1) is 0 Å². The number of hydrogen-bond acceptors (Lipinski definition) is 6. The molecule has 8 heteroatoms. The van der Waals surface area contributed by atoms with Crippen LogP contribution in [-0.2, 0) is 26.1 Å². The molecule has 1 heterocycles. The summed E-state index contributed by atoms with van der Waals surface area (Å²) >= 11 is 0. The van der Waals surface area contributed by atoms with Crippen LogP contribution >= 0.6 is 0 Å². The number of anilines is 1. The summed E-state index contributed by atoms with van der Waals surface area (Å²) in [5.74, 6) is 0.351. The summed E-state index contributed by atoms with van der Waals surface area (Å²) in [7, 11) is -8.63. The normalized spacial score (nSPS) is 11.6. The predicted octanol–water partition coefficient (Wildman–Crippen LogP) is 4.58. The Bertz CT molecular complexity index is 1170. The Morgan fingerprint density at radius 2 is 1.39 bits per heavy atom. The SMILES string of the molecule is CCCCc1ccc(NC=C(S(=O)(=O)c2ccccc2)S(=O)(=O)c2ccccc2)nc1. The summed E-state index contributed by atoms with van der Waals surface area (Å²) in [6.45, 7) is 2.11. The van der Waals surface area contributed by atoms with Gasteiger partial charge >= 0.3 is 0 Å². The number of pyridine rings is 1. The first-order valence-electron chi connectivity index (χ1n) is 9.87. The molecule has 0 unspecified atom stereocenters. The Kier molecular flexibility index (Phi) is 7.25. The molecule has 0 atom stereocenters. The number of rotatable bonds is 9. The van der Waals surface area contributed by atoms with E-state index in [1.807, 2.05) is 6.07 Å². The summed E-state index contributed by atoms with van der Waals surface area (Å²) in [5, 5.41) is 2.75. The van der Waals surface area contributed by atoms with Crippen molar-refractivity contribution in [3.05, 3.63) is 95.0 Å². The van der Waals surface area contributed by atoms with Crippen LogP contribution in [0.1, 0.15) is 25.3 Å². The van der Waals surface area contributed by atoms with Gasteiger partial charge in [-0.2, -0.15) is 0 Å². The third-order valence-corrected chi connectivity index (χ3v) is 9.02. The molecule has 1 N–H and O–H groups in total. The zero-order valence-corrected chi connectivity index (χ0v) is 18.7. The molecule has 31 heavy (non-hydrogen) atoms. The topological polar surface area (TPSA) is 93.2 Å². The third-order valence-electron chi connectivity index (χ3n) is 4.62. The molecule has 0 saturated carbocycles. The summed E-state index contributed by atoms with van der Waals surface area (Å²) in [6, 6.07) is 18.6. The van der Waals surface area contributed by atoms with Crippen LogP contribution in [-0.4, -0.2) is 21.8 Å². The number of hydrogen-bond donors (Lipinski definition) is 1. The fourth-order valence-electron chi connectivity index (χ4n) is 2.90. The lowest BCUT2D eigenvalue weighted by Gasteiger charge is -2.12. The van der Waals surface area contributed by atoms with Gasteiger partial charge in [0.05, 0.1) is 9.79 Å². The fraction of sp³-hybridized carbons (Fsp3) is 0.174. The Balaban J connectivity index is 2.02. The molecule has 3 aromatic rings. The van der Waals surface area contributed by atoms with E-state index in [4.69, 9.17) is 0 Å². The average molecular weight is 457 g/mol. The molecule has 0 radical (unpaired) electrons. The van der Waals surface area contributed by atoms with Gasteiger partial charge in [-0.25, -0.2) is 21.8 Å². The van der Waals surface area contributed by atoms with E-state index in [1.54, 1.807) is 48.7 Å². The number of nitrogens with zero attached hydrogens (tertiary/aromatic N) is 1. The number of benzene rings is 2. The quantitative estimate of drug-likeness (QED) is 0.506. The second kappa shape index (κ2) is 9.89. The molecule has 162 valence electrons. The number of sulfone groups is 2. The van der Waals surface area contributed by atoms with Crippen LogP contribution in [0.25, 0.3) is 0 Å². The maximum atomic E-state index is 13.2. The molecular formula is C23H24N2O4S2. The van der Waals surface area contributed by atoms with Crippen LogP contribution in [0.15, 0.2) is 99.2 Å². The molecule has 1 aromatic heterocycles. The summed E-state index contributed by atoms with van der Waals surface area (Å²) in [4.78, 5) is 4.06. The van der Waals surface area contributed by atoms with Gasteiger partial charge in [-0.3, -0.25) is 0 Å². The minimum Gasteiger partial charge on any atom is -0.345 e. The standard InChI is InChI=1S/C23H24N2O4S2/c1-2-3-10-19-15-16-22(24-17-19)25-18-23(30(26,27)20-11-6-4-7-12-20)31(28,29)21-13-8-5-9-14-21/h4-9,11-18H,2-3,10H2,1H3,(H,24,25). The highest BCUT2D eigenvalue weighted by atomic mass is 32.3. The van der Waals surface area contributed by atoms with Crippen molar-refractivity contribution < 1.29 is 16.8 Å². The van der Waals surface area contributed by atoms with E-state index >= 15 is 0 Å². The van der Waals surface area contributed by atoms with Crippen molar-refractivity contribution in [2.45, 2.75) is 36.0 Å². The summed E-state index contributed by atoms with van der Waals surface area (Å²) < 4.78 is 52.2. The van der Waals surface area contributed by atoms with Gasteiger partial charge in [-0.1, -0.05) is 55.8 Å². The highest BCUT2D eigenvalue weighted by Crippen LogP contribution is 2.29. The van der Waals surface area contributed by atoms with E-state index < -0.39 is 23.9 Å². The largest absolute Gasteiger partial charge is 0.345 e. The molecule has 0 aliphatic carbocycles. The molecule has 0 saturated heterocycles. The van der Waals surface area contributed by atoms with Gasteiger partial charge < -0.3 is 5.32 Å². The average Bonchev–Trinajstić information content (AvgIpc) is 2.79. The van der Waals surface area contributed by atoms with Crippen LogP contribution in [0.2, 0.25) is 0 Å². The summed E-state index contributed by atoms with van der Waals surface area (Å²) in [5.41, 5.74) is 1.06. The van der Waals surface area contributed by atoms with Crippen LogP contribution in [0.5, 0.6) is 0 Å². The van der Waals surface area contributed by atoms with Gasteiger partial charge in [0, 0.05) is 12.4 Å². The van der Waals surface area contributed by atoms with E-state index in [1.165, 1.54) is 24.3 Å². The first kappa shape index (κ1) is 22.7. The second-order valence-corrected chi connectivity index (χ2v) is 11.0. The molecule has 2 aromatic carbocycles. The van der Waals surface area contributed by atoms with Crippen molar-refractivity contribution >= 4 is 25.5 Å². The Hall–Kier alpha value is -2.97. The Morgan fingerprint density at radius 3 is 1.84 bits per heavy atom. The van der Waals surface area contributed by atoms with E-state index in [0.29, 0.717) is 5.82 Å². The monoisotopic (exact) mass is 456 g/mol. The number of unbranched alkanes of at least 4 members (excludes halogenated alkanes) is 1. The summed E-state index contributed by atoms with van der Waals surface area (Å²) in [6.07, 6.45) is 5.71. The van der Waals surface area contributed by atoms with Crippen LogP contribution in [0.4, 0.5) is 5.82 Å². The highest BCUT2D eigenvalue weighted by molar-refractivity contribution is 8.14. The van der Waals surface area contributed by atoms with Crippen molar-refractivity contribution in [2.24, 2.45) is 0 Å². The maximum Gasteiger partial charge on any atom is 0.219 e. The van der Waals surface area contributed by atoms with Gasteiger partial charge in [0.2, 0.25) is 19.7 Å². The predicted molar refractivity (Wildman–Crippen MR) is 122 cm³/mol. The lowest BCUT2D eigenvalue weighted by atomic mass is 10.1. The first-order valence-corrected chi connectivity index (χ1v) is 12.8. The molecule has 6 nitrogen and oxygen atoms in total. The third kappa shape index (κ3) is 5.39. The second-order valence-electron chi connectivity index (χ2n) is 6.90. The number of nitrogens with one attached hydrogen (secondary N) is 1. The van der Waals surface area contributed by atoms with Gasteiger partial charge in [0.15, 0.2) is 4.24 Å². The Labute approximate surface area is 183 Å². The fourth-order valence-corrected chi connectivity index (χ4v) is 6.56. The zero-order valence-electron chi connectivity index (χ0n) is 17.1. The van der Waals surface area contributed by atoms with E-state index in [-0.39, 0.29) is 9.79 Å². The van der Waals surface area contributed by atoms with Gasteiger partial charge in [-0.15, -0.1) is 0 Å². The Morgan fingerprint density at radius 1 is 0.839 bits per heavy atom. The molecule has 0 aliphatic rings. The number of aromatic nitrogens is 1. The molecular weight excluding hydrogens is 432 g/mol. The molecule has 0 bridgehead atoms. The lowest BCUT2D eigenvalue weighted by Crippen LogP contribution is -2.16. The smallest absolute Gasteiger partial charge is 0.219 e. The maximum absolute atomic E-state index is 13.2. The van der Waals surface area contributed by atoms with E-state index in [9.17, 15) is 16.8 Å². The van der Waals surface area contributed by atoms with Crippen LogP contribution in [0.3, 0.4) is 0 Å².